The maximum absolute atomic E-state index is 12.8. The monoisotopic (exact) mass is 335 g/mol. The van der Waals surface area contributed by atoms with Crippen molar-refractivity contribution in [1.29, 1.82) is 0 Å². The minimum atomic E-state index is -0.198. The third kappa shape index (κ3) is 3.29. The van der Waals surface area contributed by atoms with Gasteiger partial charge in [0.1, 0.15) is 0 Å². The van der Waals surface area contributed by atoms with E-state index in [1.54, 1.807) is 25.3 Å². The highest BCUT2D eigenvalue weighted by Crippen LogP contribution is 2.31. The highest BCUT2D eigenvalue weighted by Gasteiger charge is 2.19. The number of fused-ring (bicyclic) bond motifs is 1. The van der Waals surface area contributed by atoms with Crippen LogP contribution in [-0.4, -0.2) is 20.1 Å². The molecular formula is C21H21NO3. The van der Waals surface area contributed by atoms with Crippen LogP contribution >= 0.6 is 0 Å². The van der Waals surface area contributed by atoms with E-state index in [9.17, 15) is 4.79 Å². The summed E-state index contributed by atoms with van der Waals surface area (Å²) in [7, 11) is 3.08. The molecule has 1 atom stereocenters. The Morgan fingerprint density at radius 2 is 1.64 bits per heavy atom. The predicted octanol–water partition coefficient (Wildman–Crippen LogP) is 4.35. The standard InChI is InChI=1S/C21H21NO3/c1-14(16-11-6-9-15-8-4-5-10-17(15)16)22-21(23)18-12-7-13-19(24-2)20(18)25-3/h4-14H,1-3H3,(H,22,23)/t14-/m1/s1. The van der Waals surface area contributed by atoms with Crippen LogP contribution in [0.2, 0.25) is 0 Å². The SMILES string of the molecule is COc1cccc(C(=O)N[C@H](C)c2cccc3ccccc23)c1OC. The van der Waals surface area contributed by atoms with E-state index in [0.29, 0.717) is 17.1 Å². The van der Waals surface area contributed by atoms with E-state index in [0.717, 1.165) is 16.3 Å². The Bertz CT molecular complexity index is 899. The van der Waals surface area contributed by atoms with Gasteiger partial charge in [-0.05, 0) is 35.4 Å². The lowest BCUT2D eigenvalue weighted by Gasteiger charge is -2.18. The number of para-hydroxylation sites is 1. The van der Waals surface area contributed by atoms with Crippen LogP contribution in [0.3, 0.4) is 0 Å². The van der Waals surface area contributed by atoms with Crippen LogP contribution in [0.1, 0.15) is 28.9 Å². The van der Waals surface area contributed by atoms with Crippen molar-refractivity contribution >= 4 is 16.7 Å². The van der Waals surface area contributed by atoms with E-state index in [1.165, 1.54) is 7.11 Å². The summed E-state index contributed by atoms with van der Waals surface area (Å²) < 4.78 is 10.6. The highest BCUT2D eigenvalue weighted by atomic mass is 16.5. The van der Waals surface area contributed by atoms with Crippen molar-refractivity contribution in [3.8, 4) is 11.5 Å². The summed E-state index contributed by atoms with van der Waals surface area (Å²) in [4.78, 5) is 12.8. The Morgan fingerprint density at radius 1 is 0.920 bits per heavy atom. The van der Waals surface area contributed by atoms with Crippen LogP contribution in [0, 0.1) is 0 Å². The molecule has 0 bridgehead atoms. The molecule has 3 aromatic carbocycles. The van der Waals surface area contributed by atoms with Crippen molar-refractivity contribution in [1.82, 2.24) is 5.32 Å². The minimum absolute atomic E-state index is 0.144. The maximum atomic E-state index is 12.8. The average molecular weight is 335 g/mol. The first-order valence-corrected chi connectivity index (χ1v) is 8.15. The zero-order valence-corrected chi connectivity index (χ0v) is 14.6. The summed E-state index contributed by atoms with van der Waals surface area (Å²) in [6, 6.07) is 19.4. The van der Waals surface area contributed by atoms with Crippen molar-refractivity contribution in [2.24, 2.45) is 0 Å². The number of hydrogen-bond acceptors (Lipinski definition) is 3. The van der Waals surface area contributed by atoms with Crippen LogP contribution in [0.15, 0.2) is 60.7 Å². The first-order valence-electron chi connectivity index (χ1n) is 8.15. The van der Waals surface area contributed by atoms with E-state index in [1.807, 2.05) is 31.2 Å². The van der Waals surface area contributed by atoms with Crippen molar-refractivity contribution < 1.29 is 14.3 Å². The van der Waals surface area contributed by atoms with E-state index in [-0.39, 0.29) is 11.9 Å². The zero-order chi connectivity index (χ0) is 17.8. The van der Waals surface area contributed by atoms with Crippen LogP contribution in [0.25, 0.3) is 10.8 Å². The number of benzene rings is 3. The summed E-state index contributed by atoms with van der Waals surface area (Å²) in [6.07, 6.45) is 0. The van der Waals surface area contributed by atoms with Gasteiger partial charge in [0.05, 0.1) is 25.8 Å². The first-order chi connectivity index (χ1) is 12.2. The third-order valence-electron chi connectivity index (χ3n) is 4.29. The molecule has 128 valence electrons. The second-order valence-corrected chi connectivity index (χ2v) is 5.80. The molecule has 4 nitrogen and oxygen atoms in total. The Morgan fingerprint density at radius 3 is 2.40 bits per heavy atom. The fourth-order valence-corrected chi connectivity index (χ4v) is 3.05. The molecule has 0 aliphatic heterocycles. The Hall–Kier alpha value is -3.01. The number of carbonyl (C=O) groups excluding carboxylic acids is 1. The van der Waals surface area contributed by atoms with E-state index in [2.05, 4.69) is 23.5 Å². The molecule has 0 spiro atoms. The molecule has 4 heteroatoms. The second-order valence-electron chi connectivity index (χ2n) is 5.80. The Labute approximate surface area is 147 Å². The average Bonchev–Trinajstić information content (AvgIpc) is 2.66. The molecule has 25 heavy (non-hydrogen) atoms. The summed E-state index contributed by atoms with van der Waals surface area (Å²) >= 11 is 0. The summed E-state index contributed by atoms with van der Waals surface area (Å²) in [5, 5.41) is 5.34. The number of methoxy groups -OCH3 is 2. The number of hydrogen-bond donors (Lipinski definition) is 1. The molecule has 0 heterocycles. The Kier molecular flexibility index (Phi) is 4.89. The minimum Gasteiger partial charge on any atom is -0.493 e. The number of nitrogens with one attached hydrogen (secondary N) is 1. The number of amides is 1. The quantitative estimate of drug-likeness (QED) is 0.754. The van der Waals surface area contributed by atoms with Gasteiger partial charge in [-0.2, -0.15) is 0 Å². The number of rotatable bonds is 5. The van der Waals surface area contributed by atoms with E-state index >= 15 is 0 Å². The second kappa shape index (κ2) is 7.26. The van der Waals surface area contributed by atoms with Crippen molar-refractivity contribution in [2.45, 2.75) is 13.0 Å². The first kappa shape index (κ1) is 16.8. The normalized spacial score (nSPS) is 11.8. The van der Waals surface area contributed by atoms with E-state index < -0.39 is 0 Å². The lowest BCUT2D eigenvalue weighted by atomic mass is 9.99. The van der Waals surface area contributed by atoms with Gasteiger partial charge < -0.3 is 14.8 Å². The molecule has 0 radical (unpaired) electrons. The molecule has 0 aliphatic carbocycles. The van der Waals surface area contributed by atoms with Gasteiger partial charge in [0.15, 0.2) is 11.5 Å². The van der Waals surface area contributed by atoms with Crippen molar-refractivity contribution in [3.63, 3.8) is 0 Å². The van der Waals surface area contributed by atoms with Gasteiger partial charge in [-0.3, -0.25) is 4.79 Å². The molecule has 0 fully saturated rings. The molecule has 1 amide bonds. The van der Waals surface area contributed by atoms with Gasteiger partial charge in [-0.15, -0.1) is 0 Å². The van der Waals surface area contributed by atoms with Gasteiger partial charge in [0.2, 0.25) is 0 Å². The van der Waals surface area contributed by atoms with Gasteiger partial charge in [0, 0.05) is 0 Å². The van der Waals surface area contributed by atoms with Crippen LogP contribution in [0.5, 0.6) is 11.5 Å². The van der Waals surface area contributed by atoms with Crippen molar-refractivity contribution in [3.05, 3.63) is 71.8 Å². The van der Waals surface area contributed by atoms with Gasteiger partial charge in [-0.25, -0.2) is 0 Å². The molecule has 3 aromatic rings. The summed E-state index contributed by atoms with van der Waals surface area (Å²) in [5.74, 6) is 0.775. The molecule has 0 aromatic heterocycles. The largest absolute Gasteiger partial charge is 0.493 e. The van der Waals surface area contributed by atoms with Gasteiger partial charge in [-0.1, -0.05) is 48.5 Å². The smallest absolute Gasteiger partial charge is 0.255 e. The molecule has 1 N–H and O–H groups in total. The van der Waals surface area contributed by atoms with Gasteiger partial charge in [0.25, 0.3) is 5.91 Å². The third-order valence-corrected chi connectivity index (χ3v) is 4.29. The fraction of sp³-hybridized carbons (Fsp3) is 0.190. The Balaban J connectivity index is 1.91. The highest BCUT2D eigenvalue weighted by molar-refractivity contribution is 5.98. The van der Waals surface area contributed by atoms with Crippen molar-refractivity contribution in [2.75, 3.05) is 14.2 Å². The van der Waals surface area contributed by atoms with Crippen LogP contribution < -0.4 is 14.8 Å². The fourth-order valence-electron chi connectivity index (χ4n) is 3.05. The molecule has 0 saturated heterocycles. The number of ether oxygens (including phenoxy) is 2. The molecule has 0 aliphatic rings. The lowest BCUT2D eigenvalue weighted by Crippen LogP contribution is -2.27. The maximum Gasteiger partial charge on any atom is 0.255 e. The zero-order valence-electron chi connectivity index (χ0n) is 14.6. The summed E-state index contributed by atoms with van der Waals surface area (Å²) in [6.45, 7) is 1.98. The molecular weight excluding hydrogens is 314 g/mol. The molecule has 3 rings (SSSR count). The van der Waals surface area contributed by atoms with Gasteiger partial charge >= 0.3 is 0 Å². The predicted molar refractivity (Wildman–Crippen MR) is 99.4 cm³/mol. The molecule has 0 unspecified atom stereocenters. The van der Waals surface area contributed by atoms with E-state index in [4.69, 9.17) is 9.47 Å². The molecule has 0 saturated carbocycles. The lowest BCUT2D eigenvalue weighted by molar-refractivity contribution is 0.0936. The van der Waals surface area contributed by atoms with Crippen LogP contribution in [-0.2, 0) is 0 Å². The summed E-state index contributed by atoms with van der Waals surface area (Å²) in [5.41, 5.74) is 1.53. The topological polar surface area (TPSA) is 47.6 Å². The van der Waals surface area contributed by atoms with Crippen LogP contribution in [0.4, 0.5) is 0 Å². The number of carbonyl (C=O) groups is 1.